The quantitative estimate of drug-likeness (QED) is 0.192. The van der Waals surface area contributed by atoms with Crippen LogP contribution in [0.25, 0.3) is 0 Å². The summed E-state index contributed by atoms with van der Waals surface area (Å²) in [5.41, 5.74) is -1.08. The lowest BCUT2D eigenvalue weighted by molar-refractivity contribution is -0.143. The number of ether oxygens (including phenoxy) is 2. The van der Waals surface area contributed by atoms with Crippen LogP contribution in [-0.4, -0.2) is 83.2 Å². The van der Waals surface area contributed by atoms with Gasteiger partial charge in [-0.15, -0.1) is 0 Å². The number of aliphatic carboxylic acids is 1. The van der Waals surface area contributed by atoms with Crippen molar-refractivity contribution in [2.45, 2.75) is 97.8 Å². The molecule has 2 unspecified atom stereocenters. The second-order valence-corrected chi connectivity index (χ2v) is 11.2. The van der Waals surface area contributed by atoms with Gasteiger partial charge in [-0.2, -0.15) is 0 Å². The van der Waals surface area contributed by atoms with Crippen molar-refractivity contribution in [2.24, 2.45) is 11.8 Å². The Kier molecular flexibility index (Phi) is 12.7. The lowest BCUT2D eigenvalue weighted by Crippen LogP contribution is -2.44. The molecule has 1 aliphatic rings. The molecule has 0 bridgehead atoms. The highest BCUT2D eigenvalue weighted by molar-refractivity contribution is 6.03. The van der Waals surface area contributed by atoms with Gasteiger partial charge in [-0.05, 0) is 46.5 Å². The molecule has 0 aromatic heterocycles. The van der Waals surface area contributed by atoms with Crippen LogP contribution < -0.4 is 10.6 Å². The Morgan fingerprint density at radius 2 is 1.59 bits per heavy atom. The summed E-state index contributed by atoms with van der Waals surface area (Å²) < 4.78 is 11.8. The van der Waals surface area contributed by atoms with Crippen LogP contribution in [0.5, 0.6) is 0 Å². The molecule has 0 aromatic rings. The number of carbonyl (C=O) groups excluding carboxylic acids is 4. The van der Waals surface area contributed by atoms with Crippen LogP contribution in [-0.2, 0) is 33.4 Å². The topological polar surface area (TPSA) is 151 Å². The maximum absolute atomic E-state index is 12.2. The smallest absolute Gasteiger partial charge is 0.326 e. The van der Waals surface area contributed by atoms with Crippen molar-refractivity contribution in [3.05, 3.63) is 0 Å². The van der Waals surface area contributed by atoms with Gasteiger partial charge < -0.3 is 25.2 Å². The third-order valence-electron chi connectivity index (χ3n) is 6.35. The van der Waals surface area contributed by atoms with E-state index in [1.54, 1.807) is 20.8 Å². The van der Waals surface area contributed by atoms with Gasteiger partial charge in [0.2, 0.25) is 23.6 Å². The third-order valence-corrected chi connectivity index (χ3v) is 6.35. The van der Waals surface area contributed by atoms with E-state index in [4.69, 9.17) is 9.47 Å². The second kappa shape index (κ2) is 14.4. The molecule has 37 heavy (non-hydrogen) atoms. The summed E-state index contributed by atoms with van der Waals surface area (Å²) in [4.78, 5) is 60.3. The monoisotopic (exact) mass is 527 g/mol. The Bertz CT molecular complexity index is 825. The van der Waals surface area contributed by atoms with E-state index < -0.39 is 23.2 Å². The highest BCUT2D eigenvalue weighted by Gasteiger charge is 2.35. The first-order valence-corrected chi connectivity index (χ1v) is 13.0. The summed E-state index contributed by atoms with van der Waals surface area (Å²) in [6, 6.07) is -0.915. The van der Waals surface area contributed by atoms with E-state index in [1.807, 2.05) is 27.7 Å². The van der Waals surface area contributed by atoms with Crippen molar-refractivity contribution < 1.29 is 38.6 Å². The molecule has 3 N–H and O–H groups in total. The van der Waals surface area contributed by atoms with Crippen molar-refractivity contribution in [3.8, 4) is 0 Å². The summed E-state index contributed by atoms with van der Waals surface area (Å²) in [7, 11) is 0. The zero-order valence-electron chi connectivity index (χ0n) is 23.3. The first-order valence-electron chi connectivity index (χ1n) is 13.0. The van der Waals surface area contributed by atoms with Gasteiger partial charge in [0.15, 0.2) is 0 Å². The largest absolute Gasteiger partial charge is 0.480 e. The fourth-order valence-electron chi connectivity index (χ4n) is 3.79. The fraction of sp³-hybridized carbons (Fsp3) is 0.808. The van der Waals surface area contributed by atoms with Gasteiger partial charge >= 0.3 is 5.97 Å². The molecule has 2 atom stereocenters. The molecule has 1 rings (SSSR count). The molecule has 1 fully saturated rings. The molecule has 1 saturated heterocycles. The number of nitrogens with one attached hydrogen (secondary N) is 2. The van der Waals surface area contributed by atoms with Crippen LogP contribution in [0.2, 0.25) is 0 Å². The molecule has 0 radical (unpaired) electrons. The standard InChI is InChI=1S/C26H45N3O8/c1-17(2)22(24(34)35)28-20(31)8-10-25(4,5)36-14-11-26(6,7)37-15-12-27-19(30)9-13-29-21(32)16-18(3)23(29)33/h17-18,22H,8-16H2,1-7H3,(H,27,30)(H,28,31)(H,34,35). The molecule has 1 heterocycles. The lowest BCUT2D eigenvalue weighted by Gasteiger charge is -2.30. The maximum Gasteiger partial charge on any atom is 0.326 e. The van der Waals surface area contributed by atoms with E-state index in [0.29, 0.717) is 32.6 Å². The van der Waals surface area contributed by atoms with Gasteiger partial charge in [0.25, 0.3) is 0 Å². The number of nitrogens with zero attached hydrogens (tertiary/aromatic N) is 1. The maximum atomic E-state index is 12.2. The van der Waals surface area contributed by atoms with Crippen molar-refractivity contribution in [1.29, 1.82) is 0 Å². The molecule has 0 saturated carbocycles. The molecule has 212 valence electrons. The van der Waals surface area contributed by atoms with Gasteiger partial charge in [0.05, 0.1) is 24.4 Å². The average molecular weight is 528 g/mol. The Balaban J connectivity index is 2.26. The fourth-order valence-corrected chi connectivity index (χ4v) is 3.79. The number of amides is 4. The van der Waals surface area contributed by atoms with E-state index in [9.17, 15) is 29.1 Å². The average Bonchev–Trinajstić information content (AvgIpc) is 3.02. The van der Waals surface area contributed by atoms with Gasteiger partial charge in [-0.25, -0.2) is 4.79 Å². The SMILES string of the molecule is CC1CC(=O)N(CCC(=O)NCCOC(C)(C)CCOC(C)(C)CCC(=O)NC(C(=O)O)C(C)C)C1=O. The molecule has 1 aliphatic heterocycles. The molecular weight excluding hydrogens is 482 g/mol. The van der Waals surface area contributed by atoms with E-state index in [1.165, 1.54) is 0 Å². The number of rotatable bonds is 17. The van der Waals surface area contributed by atoms with Crippen LogP contribution in [0, 0.1) is 11.8 Å². The van der Waals surface area contributed by atoms with Gasteiger partial charge in [-0.1, -0.05) is 20.8 Å². The summed E-state index contributed by atoms with van der Waals surface area (Å²) in [6.45, 7) is 13.9. The Hall–Kier alpha value is -2.53. The number of hydrogen-bond donors (Lipinski definition) is 3. The van der Waals surface area contributed by atoms with Gasteiger partial charge in [0.1, 0.15) is 6.04 Å². The highest BCUT2D eigenvalue weighted by Crippen LogP contribution is 2.21. The summed E-state index contributed by atoms with van der Waals surface area (Å²) in [5, 5.41) is 14.5. The number of carboxylic acids is 1. The minimum atomic E-state index is -1.05. The van der Waals surface area contributed by atoms with E-state index in [2.05, 4.69) is 10.6 Å². The minimum absolute atomic E-state index is 0.0585. The van der Waals surface area contributed by atoms with Gasteiger partial charge in [-0.3, -0.25) is 24.1 Å². The minimum Gasteiger partial charge on any atom is -0.480 e. The molecule has 0 aromatic carbocycles. The first kappa shape index (κ1) is 32.5. The van der Waals surface area contributed by atoms with Crippen molar-refractivity contribution in [2.75, 3.05) is 26.3 Å². The Labute approximate surface area is 220 Å². The predicted molar refractivity (Wildman–Crippen MR) is 136 cm³/mol. The number of carboxylic acid groups (broad SMARTS) is 1. The zero-order valence-corrected chi connectivity index (χ0v) is 23.3. The van der Waals surface area contributed by atoms with E-state index >= 15 is 0 Å². The molecular formula is C26H45N3O8. The van der Waals surface area contributed by atoms with Crippen LogP contribution in [0.4, 0.5) is 0 Å². The predicted octanol–water partition coefficient (Wildman–Crippen LogP) is 1.87. The Morgan fingerprint density at radius 3 is 2.14 bits per heavy atom. The molecule has 0 spiro atoms. The highest BCUT2D eigenvalue weighted by atomic mass is 16.5. The number of likely N-dealkylation sites (tertiary alicyclic amines) is 1. The molecule has 11 nitrogen and oxygen atoms in total. The van der Waals surface area contributed by atoms with Crippen molar-refractivity contribution in [3.63, 3.8) is 0 Å². The number of carbonyl (C=O) groups is 5. The number of hydrogen-bond acceptors (Lipinski definition) is 7. The number of imide groups is 1. The summed E-state index contributed by atoms with van der Waals surface area (Å²) in [6.07, 6.45) is 1.43. The zero-order chi connectivity index (χ0) is 28.4. The van der Waals surface area contributed by atoms with Crippen LogP contribution >= 0.6 is 0 Å². The van der Waals surface area contributed by atoms with E-state index in [-0.39, 0.29) is 61.3 Å². The molecule has 11 heteroatoms. The first-order chi connectivity index (χ1) is 17.0. The van der Waals surface area contributed by atoms with Crippen LogP contribution in [0.1, 0.15) is 80.6 Å². The van der Waals surface area contributed by atoms with Crippen LogP contribution in [0.15, 0.2) is 0 Å². The lowest BCUT2D eigenvalue weighted by atomic mass is 10.00. The van der Waals surface area contributed by atoms with Gasteiger partial charge in [0, 0.05) is 38.3 Å². The van der Waals surface area contributed by atoms with Crippen molar-refractivity contribution >= 4 is 29.6 Å². The van der Waals surface area contributed by atoms with Crippen molar-refractivity contribution in [1.82, 2.24) is 15.5 Å². The summed E-state index contributed by atoms with van der Waals surface area (Å²) >= 11 is 0. The van der Waals surface area contributed by atoms with E-state index in [0.717, 1.165) is 4.90 Å². The van der Waals surface area contributed by atoms with Crippen LogP contribution in [0.3, 0.4) is 0 Å². The molecule has 0 aliphatic carbocycles. The third kappa shape index (κ3) is 12.0. The Morgan fingerprint density at radius 1 is 1.00 bits per heavy atom. The second-order valence-electron chi connectivity index (χ2n) is 11.2. The normalized spacial score (nSPS) is 17.3. The summed E-state index contributed by atoms with van der Waals surface area (Å²) in [5.74, 6) is -2.62. The molecule has 4 amide bonds.